The van der Waals surface area contributed by atoms with E-state index in [0.29, 0.717) is 11.1 Å². The van der Waals surface area contributed by atoms with E-state index in [1.54, 1.807) is 12.5 Å². The molecule has 0 spiro atoms. The maximum Gasteiger partial charge on any atom is 0.126 e. The van der Waals surface area contributed by atoms with Gasteiger partial charge >= 0.3 is 0 Å². The molecule has 2 aromatic rings. The molecule has 0 fully saturated rings. The van der Waals surface area contributed by atoms with Crippen molar-refractivity contribution in [3.05, 3.63) is 47.5 Å². The van der Waals surface area contributed by atoms with Gasteiger partial charge in [-0.05, 0) is 37.6 Å². The topological polar surface area (TPSA) is 38.1 Å². The fourth-order valence-electron chi connectivity index (χ4n) is 1.60. The number of aromatic nitrogens is 1. The van der Waals surface area contributed by atoms with Gasteiger partial charge in [-0.2, -0.15) is 0 Å². The van der Waals surface area contributed by atoms with E-state index in [2.05, 4.69) is 17.2 Å². The quantitative estimate of drug-likeness (QED) is 0.878. The summed E-state index contributed by atoms with van der Waals surface area (Å²) in [6.07, 6.45) is 5.27. The summed E-state index contributed by atoms with van der Waals surface area (Å²) in [5, 5.41) is 3.97. The van der Waals surface area contributed by atoms with E-state index >= 15 is 0 Å². The molecule has 17 heavy (non-hydrogen) atoms. The van der Waals surface area contributed by atoms with Gasteiger partial charge in [0.25, 0.3) is 0 Å². The van der Waals surface area contributed by atoms with Crippen molar-refractivity contribution in [2.45, 2.75) is 25.8 Å². The van der Waals surface area contributed by atoms with Crippen LogP contribution in [-0.4, -0.2) is 11.0 Å². The van der Waals surface area contributed by atoms with Gasteiger partial charge < -0.3 is 9.73 Å². The highest BCUT2D eigenvalue weighted by atomic mass is 35.5. The van der Waals surface area contributed by atoms with Crippen molar-refractivity contribution in [3.63, 3.8) is 0 Å². The summed E-state index contributed by atoms with van der Waals surface area (Å²) < 4.78 is 5.29. The van der Waals surface area contributed by atoms with Crippen LogP contribution in [0, 0.1) is 0 Å². The van der Waals surface area contributed by atoms with Crippen LogP contribution in [0.5, 0.6) is 0 Å². The monoisotopic (exact) mass is 250 g/mol. The molecular weight excluding hydrogens is 236 g/mol. The predicted molar refractivity (Wildman–Crippen MR) is 69.4 cm³/mol. The number of hydrogen-bond donors (Lipinski definition) is 1. The Labute approximate surface area is 106 Å². The zero-order valence-electron chi connectivity index (χ0n) is 9.69. The molecule has 3 nitrogen and oxygen atoms in total. The first-order valence-electron chi connectivity index (χ1n) is 5.64. The summed E-state index contributed by atoms with van der Waals surface area (Å²) in [5.74, 6) is 1.86. The van der Waals surface area contributed by atoms with Crippen LogP contribution in [0.2, 0.25) is 5.02 Å². The lowest BCUT2D eigenvalue weighted by atomic mass is 10.1. The van der Waals surface area contributed by atoms with Gasteiger partial charge in [-0.1, -0.05) is 11.6 Å². The minimum atomic E-state index is 0.341. The molecule has 0 amide bonds. The first-order valence-corrected chi connectivity index (χ1v) is 6.02. The number of aryl methyl sites for hydroxylation is 1. The van der Waals surface area contributed by atoms with E-state index in [-0.39, 0.29) is 0 Å². The standard InChI is InChI=1S/C13H15ClN2O/c1-10(4-6-12-3-2-8-17-12)16-13-7-5-11(14)9-15-13/h2-3,5,7-10H,4,6H2,1H3,(H,15,16). The molecule has 0 aromatic carbocycles. The Balaban J connectivity index is 1.80. The molecule has 0 aliphatic rings. The Bertz CT molecular complexity index is 439. The van der Waals surface area contributed by atoms with Crippen LogP contribution in [0.1, 0.15) is 19.1 Å². The van der Waals surface area contributed by atoms with Crippen molar-refractivity contribution < 1.29 is 4.42 Å². The third-order valence-corrected chi connectivity index (χ3v) is 2.75. The third-order valence-electron chi connectivity index (χ3n) is 2.53. The first-order chi connectivity index (χ1) is 8.24. The lowest BCUT2D eigenvalue weighted by Gasteiger charge is -2.13. The largest absolute Gasteiger partial charge is 0.469 e. The number of hydrogen-bond acceptors (Lipinski definition) is 3. The van der Waals surface area contributed by atoms with Crippen LogP contribution < -0.4 is 5.32 Å². The molecule has 2 rings (SSSR count). The summed E-state index contributed by atoms with van der Waals surface area (Å²) in [7, 11) is 0. The number of nitrogens with zero attached hydrogens (tertiary/aromatic N) is 1. The van der Waals surface area contributed by atoms with Gasteiger partial charge in [-0.25, -0.2) is 4.98 Å². The van der Waals surface area contributed by atoms with Crippen molar-refractivity contribution >= 4 is 17.4 Å². The van der Waals surface area contributed by atoms with Gasteiger partial charge in [0, 0.05) is 18.7 Å². The minimum absolute atomic E-state index is 0.341. The Morgan fingerprint density at radius 2 is 2.29 bits per heavy atom. The molecule has 90 valence electrons. The highest BCUT2D eigenvalue weighted by Crippen LogP contribution is 2.12. The van der Waals surface area contributed by atoms with E-state index in [1.807, 2.05) is 24.3 Å². The average Bonchev–Trinajstić information content (AvgIpc) is 2.83. The van der Waals surface area contributed by atoms with Gasteiger partial charge in [-0.15, -0.1) is 0 Å². The summed E-state index contributed by atoms with van der Waals surface area (Å²) in [6.45, 7) is 2.12. The molecule has 4 heteroatoms. The highest BCUT2D eigenvalue weighted by molar-refractivity contribution is 6.30. The van der Waals surface area contributed by atoms with E-state index < -0.39 is 0 Å². The molecule has 2 aromatic heterocycles. The van der Waals surface area contributed by atoms with Crippen LogP contribution in [-0.2, 0) is 6.42 Å². The number of anilines is 1. The molecule has 1 unspecified atom stereocenters. The van der Waals surface area contributed by atoms with Crippen molar-refractivity contribution in [1.29, 1.82) is 0 Å². The van der Waals surface area contributed by atoms with Crippen LogP contribution in [0.15, 0.2) is 41.1 Å². The molecule has 1 atom stereocenters. The molecule has 1 N–H and O–H groups in total. The van der Waals surface area contributed by atoms with Gasteiger partial charge in [0.2, 0.25) is 0 Å². The average molecular weight is 251 g/mol. The zero-order valence-corrected chi connectivity index (χ0v) is 10.4. The molecule has 0 aliphatic heterocycles. The third kappa shape index (κ3) is 3.79. The van der Waals surface area contributed by atoms with Crippen molar-refractivity contribution in [2.75, 3.05) is 5.32 Å². The Morgan fingerprint density at radius 1 is 1.41 bits per heavy atom. The first kappa shape index (κ1) is 12.0. The summed E-state index contributed by atoms with van der Waals surface area (Å²) in [4.78, 5) is 4.20. The Kier molecular flexibility index (Phi) is 4.04. The van der Waals surface area contributed by atoms with Crippen molar-refractivity contribution in [3.8, 4) is 0 Å². The number of furan rings is 1. The maximum atomic E-state index is 5.77. The second kappa shape index (κ2) is 5.73. The highest BCUT2D eigenvalue weighted by Gasteiger charge is 2.04. The Morgan fingerprint density at radius 3 is 2.94 bits per heavy atom. The second-order valence-electron chi connectivity index (χ2n) is 4.03. The maximum absolute atomic E-state index is 5.77. The van der Waals surface area contributed by atoms with E-state index in [4.69, 9.17) is 16.0 Å². The SMILES string of the molecule is CC(CCc1ccco1)Nc1ccc(Cl)cn1. The van der Waals surface area contributed by atoms with Crippen LogP contribution in [0.4, 0.5) is 5.82 Å². The number of pyridine rings is 1. The van der Waals surface area contributed by atoms with Crippen molar-refractivity contribution in [2.24, 2.45) is 0 Å². The fourth-order valence-corrected chi connectivity index (χ4v) is 1.71. The predicted octanol–water partition coefficient (Wildman–Crippen LogP) is 3.76. The van der Waals surface area contributed by atoms with E-state index in [0.717, 1.165) is 24.4 Å². The van der Waals surface area contributed by atoms with E-state index in [1.165, 1.54) is 0 Å². The lowest BCUT2D eigenvalue weighted by Crippen LogP contribution is -2.16. The molecule has 0 aliphatic carbocycles. The van der Waals surface area contributed by atoms with Crippen LogP contribution in [0.3, 0.4) is 0 Å². The number of halogens is 1. The second-order valence-corrected chi connectivity index (χ2v) is 4.46. The summed E-state index contributed by atoms with van der Waals surface area (Å²) >= 11 is 5.77. The lowest BCUT2D eigenvalue weighted by molar-refractivity contribution is 0.495. The molecule has 0 saturated carbocycles. The number of nitrogens with one attached hydrogen (secondary N) is 1. The minimum Gasteiger partial charge on any atom is -0.469 e. The summed E-state index contributed by atoms with van der Waals surface area (Å²) in [6, 6.07) is 7.96. The van der Waals surface area contributed by atoms with Crippen molar-refractivity contribution in [1.82, 2.24) is 4.98 Å². The molecule has 0 radical (unpaired) electrons. The molecule has 2 heterocycles. The van der Waals surface area contributed by atoms with Crippen LogP contribution in [0.25, 0.3) is 0 Å². The van der Waals surface area contributed by atoms with E-state index in [9.17, 15) is 0 Å². The Hall–Kier alpha value is -1.48. The normalized spacial score (nSPS) is 12.4. The van der Waals surface area contributed by atoms with Gasteiger partial charge in [0.15, 0.2) is 0 Å². The smallest absolute Gasteiger partial charge is 0.126 e. The summed E-state index contributed by atoms with van der Waals surface area (Å²) in [5.41, 5.74) is 0. The fraction of sp³-hybridized carbons (Fsp3) is 0.308. The number of rotatable bonds is 5. The van der Waals surface area contributed by atoms with Crippen LogP contribution >= 0.6 is 11.6 Å². The molecular formula is C13H15ClN2O. The zero-order chi connectivity index (χ0) is 12.1. The molecule has 0 saturated heterocycles. The van der Waals surface area contributed by atoms with Gasteiger partial charge in [0.1, 0.15) is 11.6 Å². The van der Waals surface area contributed by atoms with Gasteiger partial charge in [-0.3, -0.25) is 0 Å². The molecule has 0 bridgehead atoms. The van der Waals surface area contributed by atoms with Gasteiger partial charge in [0.05, 0.1) is 11.3 Å².